The minimum atomic E-state index is -0.929. The summed E-state index contributed by atoms with van der Waals surface area (Å²) in [7, 11) is 2.71. The molecule has 25 heavy (non-hydrogen) atoms. The van der Waals surface area contributed by atoms with E-state index < -0.39 is 11.5 Å². The molecule has 0 spiro atoms. The number of anilines is 1. The van der Waals surface area contributed by atoms with Crippen LogP contribution in [0.5, 0.6) is 5.75 Å². The van der Waals surface area contributed by atoms with Gasteiger partial charge in [0.1, 0.15) is 19.5 Å². The van der Waals surface area contributed by atoms with Crippen molar-refractivity contribution in [2.75, 3.05) is 26.1 Å². The predicted molar refractivity (Wildman–Crippen MR) is 94.9 cm³/mol. The first-order chi connectivity index (χ1) is 12.1. The molecule has 1 aliphatic heterocycles. The number of rotatable bonds is 6. The lowest BCUT2D eigenvalue weighted by molar-refractivity contribution is -0.133. The third-order valence-corrected chi connectivity index (χ3v) is 4.24. The van der Waals surface area contributed by atoms with Crippen LogP contribution >= 0.6 is 0 Å². The minimum absolute atomic E-state index is 0.116. The van der Waals surface area contributed by atoms with Crippen molar-refractivity contribution < 1.29 is 19.1 Å². The molecule has 0 saturated heterocycles. The zero-order valence-corrected chi connectivity index (χ0v) is 14.4. The lowest BCUT2D eigenvalue weighted by atomic mass is 9.77. The quantitative estimate of drug-likeness (QED) is 0.497. The number of fused-ring (bicyclic) bond motifs is 1. The maximum Gasteiger partial charge on any atom is 0.358 e. The Bertz CT molecular complexity index is 819. The van der Waals surface area contributed by atoms with E-state index in [0.717, 1.165) is 22.6 Å². The Kier molecular flexibility index (Phi) is 4.61. The van der Waals surface area contributed by atoms with Crippen LogP contribution < -0.4 is 10.1 Å². The van der Waals surface area contributed by atoms with E-state index in [4.69, 9.17) is 14.3 Å². The van der Waals surface area contributed by atoms with Gasteiger partial charge in [0, 0.05) is 11.3 Å². The van der Waals surface area contributed by atoms with Crippen molar-refractivity contribution in [3.05, 3.63) is 59.7 Å². The molecule has 0 aliphatic carbocycles. The maximum atomic E-state index is 12.3. The zero-order chi connectivity index (χ0) is 17.9. The first-order valence-electron chi connectivity index (χ1n) is 7.88. The number of nitrogens with one attached hydrogen (secondary N) is 1. The fraction of sp³-hybridized carbons (Fsp3) is 0.263. The first-order valence-corrected chi connectivity index (χ1v) is 7.88. The molecule has 0 amide bonds. The van der Waals surface area contributed by atoms with Crippen LogP contribution in [0.25, 0.3) is 0 Å². The Balaban J connectivity index is 1.98. The number of hydrogen-bond acceptors (Lipinski definition) is 6. The second-order valence-electron chi connectivity index (χ2n) is 5.74. The topological polar surface area (TPSA) is 69.2 Å². The van der Waals surface area contributed by atoms with Gasteiger partial charge in [-0.05, 0) is 24.6 Å². The van der Waals surface area contributed by atoms with Gasteiger partial charge in [-0.15, -0.1) is 0 Å². The summed E-state index contributed by atoms with van der Waals surface area (Å²) in [5.41, 5.74) is 2.02. The normalized spacial score (nSPS) is 18.4. The molecule has 1 atom stereocenters. The molecule has 0 bridgehead atoms. The summed E-state index contributed by atoms with van der Waals surface area (Å²) in [5, 5.41) is 7.21. The molecule has 1 N–H and O–H groups in total. The Labute approximate surface area is 146 Å². The van der Waals surface area contributed by atoms with Gasteiger partial charge in [0.25, 0.3) is 0 Å². The monoisotopic (exact) mass is 340 g/mol. The highest BCUT2D eigenvalue weighted by Gasteiger charge is 2.51. The standard InChI is InChI=1S/C19H20N2O4/c1-13-8-4-7-11-16(13)25-12-19(17(21-24-3)18(22)23-2)14-9-5-6-10-15(14)20-19/h4-11,20H,12H2,1-3H3/b21-17-. The predicted octanol–water partition coefficient (Wildman–Crippen LogP) is 2.87. The maximum absolute atomic E-state index is 12.3. The van der Waals surface area contributed by atoms with Crippen LogP contribution in [0.1, 0.15) is 11.1 Å². The number of carbonyl (C=O) groups excluding carboxylic acids is 1. The van der Waals surface area contributed by atoms with Crippen LogP contribution in [-0.4, -0.2) is 32.5 Å². The van der Waals surface area contributed by atoms with Gasteiger partial charge >= 0.3 is 5.97 Å². The molecule has 3 rings (SSSR count). The number of methoxy groups -OCH3 is 1. The van der Waals surface area contributed by atoms with Crippen molar-refractivity contribution in [3.63, 3.8) is 0 Å². The number of aryl methyl sites for hydroxylation is 1. The summed E-state index contributed by atoms with van der Waals surface area (Å²) in [6.07, 6.45) is 0. The third kappa shape index (κ3) is 2.91. The number of para-hydroxylation sites is 2. The van der Waals surface area contributed by atoms with Crippen molar-refractivity contribution in [1.82, 2.24) is 0 Å². The van der Waals surface area contributed by atoms with E-state index in [1.807, 2.05) is 55.5 Å². The molecule has 0 radical (unpaired) electrons. The van der Waals surface area contributed by atoms with E-state index in [1.165, 1.54) is 14.2 Å². The zero-order valence-electron chi connectivity index (χ0n) is 14.4. The Hall–Kier alpha value is -3.02. The van der Waals surface area contributed by atoms with Gasteiger partial charge in [-0.25, -0.2) is 4.79 Å². The summed E-state index contributed by atoms with van der Waals surface area (Å²) >= 11 is 0. The molecule has 0 saturated carbocycles. The lowest BCUT2D eigenvalue weighted by Crippen LogP contribution is -2.57. The molecule has 6 nitrogen and oxygen atoms in total. The average molecular weight is 340 g/mol. The summed E-state index contributed by atoms with van der Waals surface area (Å²) < 4.78 is 10.9. The van der Waals surface area contributed by atoms with E-state index in [2.05, 4.69) is 10.5 Å². The van der Waals surface area contributed by atoms with Crippen molar-refractivity contribution in [2.45, 2.75) is 12.5 Å². The minimum Gasteiger partial charge on any atom is -0.490 e. The van der Waals surface area contributed by atoms with Crippen LogP contribution in [-0.2, 0) is 19.9 Å². The third-order valence-electron chi connectivity index (χ3n) is 4.24. The lowest BCUT2D eigenvalue weighted by Gasteiger charge is -2.44. The van der Waals surface area contributed by atoms with Gasteiger partial charge in [0.05, 0.1) is 7.11 Å². The molecule has 1 unspecified atom stereocenters. The highest BCUT2D eigenvalue weighted by atomic mass is 16.6. The first kappa shape index (κ1) is 16.8. The van der Waals surface area contributed by atoms with E-state index >= 15 is 0 Å². The molecule has 2 aromatic rings. The van der Waals surface area contributed by atoms with Gasteiger partial charge in [-0.1, -0.05) is 41.6 Å². The SMILES string of the molecule is CO/N=C(/C(=O)OC)C1(COc2ccccc2C)Nc2ccccc21. The average Bonchev–Trinajstić information content (AvgIpc) is 2.62. The van der Waals surface area contributed by atoms with Crippen molar-refractivity contribution in [3.8, 4) is 5.75 Å². The second-order valence-corrected chi connectivity index (χ2v) is 5.74. The highest BCUT2D eigenvalue weighted by molar-refractivity contribution is 6.41. The number of ether oxygens (including phenoxy) is 2. The fourth-order valence-electron chi connectivity index (χ4n) is 2.95. The van der Waals surface area contributed by atoms with Crippen LogP contribution in [0.3, 0.4) is 0 Å². The fourth-order valence-corrected chi connectivity index (χ4v) is 2.95. The Morgan fingerprint density at radius 2 is 1.84 bits per heavy atom. The van der Waals surface area contributed by atoms with Crippen LogP contribution in [0.15, 0.2) is 53.7 Å². The second kappa shape index (κ2) is 6.84. The number of benzene rings is 2. The van der Waals surface area contributed by atoms with Gasteiger partial charge in [-0.2, -0.15) is 0 Å². The van der Waals surface area contributed by atoms with Gasteiger partial charge in [0.15, 0.2) is 11.3 Å². The molecule has 2 aromatic carbocycles. The van der Waals surface area contributed by atoms with Crippen molar-refractivity contribution in [2.24, 2.45) is 5.16 Å². The molecule has 1 heterocycles. The molecule has 0 fully saturated rings. The molecule has 6 heteroatoms. The van der Waals surface area contributed by atoms with Gasteiger partial charge in [0.2, 0.25) is 0 Å². The van der Waals surface area contributed by atoms with Crippen molar-refractivity contribution >= 4 is 17.4 Å². The molecular formula is C19H20N2O4. The van der Waals surface area contributed by atoms with E-state index in [1.54, 1.807) is 0 Å². The number of hydrogen-bond donors (Lipinski definition) is 1. The van der Waals surface area contributed by atoms with Crippen LogP contribution in [0, 0.1) is 6.92 Å². The van der Waals surface area contributed by atoms with Gasteiger partial charge < -0.3 is 19.6 Å². The Morgan fingerprint density at radius 1 is 1.12 bits per heavy atom. The van der Waals surface area contributed by atoms with Crippen LogP contribution in [0.4, 0.5) is 5.69 Å². The van der Waals surface area contributed by atoms with E-state index in [-0.39, 0.29) is 12.3 Å². The van der Waals surface area contributed by atoms with Crippen molar-refractivity contribution in [1.29, 1.82) is 0 Å². The molecule has 130 valence electrons. The summed E-state index contributed by atoms with van der Waals surface area (Å²) in [6.45, 7) is 2.14. The summed E-state index contributed by atoms with van der Waals surface area (Å²) in [6, 6.07) is 15.4. The van der Waals surface area contributed by atoms with Crippen LogP contribution in [0.2, 0.25) is 0 Å². The number of nitrogens with zero attached hydrogens (tertiary/aromatic N) is 1. The summed E-state index contributed by atoms with van der Waals surface area (Å²) in [4.78, 5) is 17.2. The molecule has 1 aliphatic rings. The molecule has 0 aromatic heterocycles. The number of esters is 1. The number of oxime groups is 1. The molecular weight excluding hydrogens is 320 g/mol. The van der Waals surface area contributed by atoms with E-state index in [9.17, 15) is 4.79 Å². The van der Waals surface area contributed by atoms with E-state index in [0.29, 0.717) is 0 Å². The highest BCUT2D eigenvalue weighted by Crippen LogP contribution is 2.43. The Morgan fingerprint density at radius 3 is 2.52 bits per heavy atom. The largest absolute Gasteiger partial charge is 0.490 e. The van der Waals surface area contributed by atoms with Gasteiger partial charge in [-0.3, -0.25) is 0 Å². The smallest absolute Gasteiger partial charge is 0.358 e. The number of carbonyl (C=O) groups is 1. The summed E-state index contributed by atoms with van der Waals surface area (Å²) in [5.74, 6) is 0.173.